The van der Waals surface area contributed by atoms with Gasteiger partial charge in [0.05, 0.1) is 28.2 Å². The van der Waals surface area contributed by atoms with Crippen LogP contribution in [0.25, 0.3) is 11.1 Å². The first kappa shape index (κ1) is 43.4. The van der Waals surface area contributed by atoms with Gasteiger partial charge in [0.15, 0.2) is 11.7 Å². The number of nitrogens with zero attached hydrogens (tertiary/aromatic N) is 5. The van der Waals surface area contributed by atoms with Gasteiger partial charge < -0.3 is 30.4 Å². The molecule has 3 N–H and O–H groups in total. The number of methoxy groups -OCH3 is 1. The van der Waals surface area contributed by atoms with Crippen molar-refractivity contribution in [1.82, 2.24) is 19.6 Å². The lowest BCUT2D eigenvalue weighted by Gasteiger charge is -2.60. The average Bonchev–Trinajstić information content (AvgIpc) is 3.35. The Balaban J connectivity index is 0.00000239. The van der Waals surface area contributed by atoms with Gasteiger partial charge in [-0.25, -0.2) is 0 Å². The Bertz CT molecular complexity index is 1630. The molecule has 1 aromatic heterocycles. The van der Waals surface area contributed by atoms with Crippen LogP contribution in [0.4, 0.5) is 11.5 Å². The Hall–Kier alpha value is -2.98. The number of nitrogens with two attached hydrogens (primary N) is 1. The highest BCUT2D eigenvalue weighted by Gasteiger charge is 2.55. The number of nitrogens with one attached hydrogen (secondary N) is 1. The molecule has 290 valence electrons. The van der Waals surface area contributed by atoms with Crippen molar-refractivity contribution in [3.8, 4) is 11.1 Å². The molecule has 2 aromatic rings. The number of piperazine rings is 1. The number of likely N-dealkylation sites (tertiary alicyclic amines) is 1. The molecule has 52 heavy (non-hydrogen) atoms. The number of rotatable bonds is 12. The Morgan fingerprint density at radius 1 is 1.15 bits per heavy atom. The zero-order chi connectivity index (χ0) is 37.9. The van der Waals surface area contributed by atoms with Gasteiger partial charge >= 0.3 is 0 Å². The molecule has 1 aromatic carbocycles. The Morgan fingerprint density at radius 3 is 2.37 bits per heavy atom. The van der Waals surface area contributed by atoms with Gasteiger partial charge in [-0.15, -0.1) is 0 Å². The van der Waals surface area contributed by atoms with E-state index in [2.05, 4.69) is 85.7 Å². The molecule has 1 spiro atoms. The second-order valence-corrected chi connectivity index (χ2v) is 16.2. The summed E-state index contributed by atoms with van der Waals surface area (Å²) in [5, 5.41) is 14.5. The number of ether oxygens (including phenoxy) is 2. The molecule has 3 heterocycles. The van der Waals surface area contributed by atoms with E-state index in [1.807, 2.05) is 20.8 Å². The van der Waals surface area contributed by atoms with Gasteiger partial charge in [0.25, 0.3) is 0 Å². The van der Waals surface area contributed by atoms with Crippen LogP contribution in [0.5, 0.6) is 0 Å². The summed E-state index contributed by atoms with van der Waals surface area (Å²) in [5.41, 5.74) is 10.9. The smallest absolute Gasteiger partial charge is 0.182 e. The summed E-state index contributed by atoms with van der Waals surface area (Å²) in [5.74, 6) is 1.57. The first-order valence-corrected chi connectivity index (χ1v) is 19.1. The van der Waals surface area contributed by atoms with Crippen LogP contribution in [0.1, 0.15) is 99.4 Å². The molecule has 0 radical (unpaired) electrons. The predicted octanol–water partition coefficient (Wildman–Crippen LogP) is 9.77. The van der Waals surface area contributed by atoms with E-state index in [-0.39, 0.29) is 24.5 Å². The lowest BCUT2D eigenvalue weighted by molar-refractivity contribution is -0.116. The molecule has 3 aliphatic rings. The van der Waals surface area contributed by atoms with Crippen LogP contribution in [0.15, 0.2) is 42.3 Å². The van der Waals surface area contributed by atoms with Gasteiger partial charge in [0.1, 0.15) is 5.60 Å². The minimum atomic E-state index is -0.392. The summed E-state index contributed by atoms with van der Waals surface area (Å²) < 4.78 is 14.1. The zero-order valence-electron chi connectivity index (χ0n) is 32.6. The van der Waals surface area contributed by atoms with E-state index < -0.39 is 5.54 Å². The van der Waals surface area contributed by atoms with Crippen molar-refractivity contribution in [2.75, 3.05) is 63.6 Å². The molecule has 1 aliphatic carbocycles. The van der Waals surface area contributed by atoms with Crippen molar-refractivity contribution >= 4 is 40.9 Å². The summed E-state index contributed by atoms with van der Waals surface area (Å²) in [6, 6.07) is 1.85. The number of hydrogen-bond donors (Lipinski definition) is 2. The SMILES string of the molecule is C.C=C(OC(C)(C)C)N1CC2(CC(n3nc(N4CCN(C/C(=C/C=C\C)CC)C[C@]4(C)COC)c(-c4c(Cl)c(Cl)cc(N)c4C=N)c3C)C2)C1.CC. The van der Waals surface area contributed by atoms with E-state index in [0.717, 1.165) is 81.5 Å². The lowest BCUT2D eigenvalue weighted by Crippen LogP contribution is -2.63. The minimum absolute atomic E-state index is 0. The van der Waals surface area contributed by atoms with Crippen LogP contribution in [-0.4, -0.2) is 89.9 Å². The van der Waals surface area contributed by atoms with Gasteiger partial charge in [0, 0.05) is 86.1 Å². The Kier molecular flexibility index (Phi) is 14.6. The maximum absolute atomic E-state index is 8.35. The summed E-state index contributed by atoms with van der Waals surface area (Å²) in [4.78, 5) is 7.15. The second kappa shape index (κ2) is 17.4. The number of anilines is 2. The summed E-state index contributed by atoms with van der Waals surface area (Å²) in [7, 11) is 1.76. The highest BCUT2D eigenvalue weighted by Crippen LogP contribution is 2.56. The van der Waals surface area contributed by atoms with Gasteiger partial charge in [-0.3, -0.25) is 9.58 Å². The molecule has 2 aliphatic heterocycles. The van der Waals surface area contributed by atoms with Crippen molar-refractivity contribution in [3.63, 3.8) is 0 Å². The number of aromatic nitrogens is 2. The molecular weight excluding hydrogens is 693 g/mol. The van der Waals surface area contributed by atoms with E-state index in [1.165, 1.54) is 11.8 Å². The van der Waals surface area contributed by atoms with Gasteiger partial charge in [-0.1, -0.05) is 75.2 Å². The molecule has 3 fully saturated rings. The monoisotopic (exact) mass is 757 g/mol. The van der Waals surface area contributed by atoms with Crippen LogP contribution >= 0.6 is 23.2 Å². The van der Waals surface area contributed by atoms with E-state index in [0.29, 0.717) is 33.5 Å². The van der Waals surface area contributed by atoms with Gasteiger partial charge in [-0.05, 0) is 73.5 Å². The fourth-order valence-corrected chi connectivity index (χ4v) is 8.48. The van der Waals surface area contributed by atoms with Crippen molar-refractivity contribution in [2.24, 2.45) is 5.41 Å². The topological polar surface area (TPSA) is 95.9 Å². The third-order valence-electron chi connectivity index (χ3n) is 10.3. The van der Waals surface area contributed by atoms with Crippen molar-refractivity contribution in [3.05, 3.63) is 63.6 Å². The number of allylic oxidation sites excluding steroid dienone is 3. The van der Waals surface area contributed by atoms with Crippen molar-refractivity contribution in [2.45, 2.75) is 106 Å². The molecule has 0 amide bonds. The fraction of sp³-hybridized carbons (Fsp3) is 0.610. The summed E-state index contributed by atoms with van der Waals surface area (Å²) in [6.07, 6.45) is 10.7. The van der Waals surface area contributed by atoms with Gasteiger partial charge in [0.2, 0.25) is 0 Å². The number of halogens is 2. The van der Waals surface area contributed by atoms with E-state index in [1.54, 1.807) is 13.2 Å². The molecule has 1 saturated carbocycles. The Morgan fingerprint density at radius 2 is 1.81 bits per heavy atom. The molecule has 9 nitrogen and oxygen atoms in total. The van der Waals surface area contributed by atoms with E-state index >= 15 is 0 Å². The number of nitrogen functional groups attached to an aromatic ring is 1. The Labute approximate surface area is 324 Å². The largest absolute Gasteiger partial charge is 0.474 e. The lowest BCUT2D eigenvalue weighted by atomic mass is 9.60. The summed E-state index contributed by atoms with van der Waals surface area (Å²) in [6.45, 7) is 28.6. The van der Waals surface area contributed by atoms with Crippen LogP contribution in [-0.2, 0) is 9.47 Å². The standard InChI is InChI=1S/C38H55Cl2N7O2.C2H6.CH4/c1-10-12-13-27(11-2)20-44-14-15-46(37(8,21-44)24-48-9)35-32(33-29(19-41)31(42)16-30(39)34(33)40)25(3)47(43-35)28-17-38(18-28)22-45(23-38)26(4)49-36(5,6)7;1-2;/h10,12-13,16,19,28,41H,4,11,14-15,17-18,20-24,42H2,1-3,5-9H3;1-2H3;1H4/b12-10-,27-13+,41-19?;;/t37-;;/m1../s1. The minimum Gasteiger partial charge on any atom is -0.474 e. The fourth-order valence-electron chi connectivity index (χ4n) is 8.02. The molecule has 5 rings (SSSR count). The zero-order valence-corrected chi connectivity index (χ0v) is 34.1. The highest BCUT2D eigenvalue weighted by atomic mass is 35.5. The van der Waals surface area contributed by atoms with Crippen LogP contribution in [0.2, 0.25) is 10.0 Å². The highest BCUT2D eigenvalue weighted by molar-refractivity contribution is 6.44. The second-order valence-electron chi connectivity index (χ2n) is 15.4. The molecule has 0 unspecified atom stereocenters. The number of hydrogen-bond acceptors (Lipinski definition) is 8. The average molecular weight is 759 g/mol. The molecule has 0 bridgehead atoms. The van der Waals surface area contributed by atoms with Crippen LogP contribution in [0.3, 0.4) is 0 Å². The number of benzene rings is 1. The van der Waals surface area contributed by atoms with Crippen molar-refractivity contribution < 1.29 is 9.47 Å². The first-order chi connectivity index (χ1) is 24.1. The predicted molar refractivity (Wildman–Crippen MR) is 222 cm³/mol. The molecular formula is C41H65Cl2N7O2. The molecule has 2 saturated heterocycles. The van der Waals surface area contributed by atoms with Gasteiger partial charge in [-0.2, -0.15) is 5.10 Å². The third-order valence-corrected chi connectivity index (χ3v) is 11.1. The molecule has 1 atom stereocenters. The van der Waals surface area contributed by atoms with E-state index in [4.69, 9.17) is 48.9 Å². The third kappa shape index (κ3) is 8.86. The van der Waals surface area contributed by atoms with Crippen LogP contribution in [0, 0.1) is 17.7 Å². The molecule has 11 heteroatoms. The maximum Gasteiger partial charge on any atom is 0.182 e. The van der Waals surface area contributed by atoms with Crippen molar-refractivity contribution in [1.29, 1.82) is 5.41 Å². The van der Waals surface area contributed by atoms with Crippen LogP contribution < -0.4 is 10.6 Å². The maximum atomic E-state index is 8.35. The first-order valence-electron chi connectivity index (χ1n) is 18.4. The quantitative estimate of drug-likeness (QED) is 0.0964. The van der Waals surface area contributed by atoms with E-state index in [9.17, 15) is 0 Å². The normalized spacial score (nSPS) is 20.6. The summed E-state index contributed by atoms with van der Waals surface area (Å²) >= 11 is 13.7.